The Bertz CT molecular complexity index is 392. The molecule has 1 aromatic rings. The number of carbonyl (C=O) groups excluding carboxylic acids is 1. The van der Waals surface area contributed by atoms with Gasteiger partial charge in [-0.05, 0) is 6.08 Å². The minimum Gasteiger partial charge on any atom is -0.465 e. The molecule has 0 N–H and O–H groups in total. The van der Waals surface area contributed by atoms with E-state index < -0.39 is 5.97 Å². The standard InChI is InChI=1S/C9H7N3O2/c1-14-9(13)8(3-10)2-7-4-11-6-12-5-7/h2,4-6H,1H3/b8-2+. The number of carbonyl (C=O) groups is 1. The molecular weight excluding hydrogens is 182 g/mol. The smallest absolute Gasteiger partial charge is 0.348 e. The van der Waals surface area contributed by atoms with E-state index in [-0.39, 0.29) is 5.57 Å². The first-order valence-electron chi connectivity index (χ1n) is 3.73. The van der Waals surface area contributed by atoms with Crippen molar-refractivity contribution in [2.75, 3.05) is 7.11 Å². The highest BCUT2D eigenvalue weighted by molar-refractivity contribution is 5.97. The molecule has 0 bridgehead atoms. The zero-order valence-electron chi connectivity index (χ0n) is 7.47. The third-order valence-corrected chi connectivity index (χ3v) is 1.42. The first-order chi connectivity index (χ1) is 6.77. The second-order valence-electron chi connectivity index (χ2n) is 2.33. The zero-order chi connectivity index (χ0) is 10.4. The molecule has 0 aliphatic rings. The number of rotatable bonds is 2. The van der Waals surface area contributed by atoms with Crippen molar-refractivity contribution in [2.24, 2.45) is 0 Å². The van der Waals surface area contributed by atoms with Crippen molar-refractivity contribution in [3.8, 4) is 6.07 Å². The summed E-state index contributed by atoms with van der Waals surface area (Å²) in [6.07, 6.45) is 5.72. The maximum atomic E-state index is 11.0. The molecule has 5 heteroatoms. The summed E-state index contributed by atoms with van der Waals surface area (Å²) in [6.45, 7) is 0. The fraction of sp³-hybridized carbons (Fsp3) is 0.111. The molecule has 0 spiro atoms. The van der Waals surface area contributed by atoms with Gasteiger partial charge in [0, 0.05) is 18.0 Å². The third-order valence-electron chi connectivity index (χ3n) is 1.42. The van der Waals surface area contributed by atoms with E-state index in [1.54, 1.807) is 6.07 Å². The van der Waals surface area contributed by atoms with Gasteiger partial charge < -0.3 is 4.74 Å². The minimum atomic E-state index is -0.670. The lowest BCUT2D eigenvalue weighted by atomic mass is 10.2. The number of nitriles is 1. The Morgan fingerprint density at radius 1 is 1.57 bits per heavy atom. The molecule has 0 fully saturated rings. The molecule has 1 heterocycles. The monoisotopic (exact) mass is 189 g/mol. The summed E-state index contributed by atoms with van der Waals surface area (Å²) in [6, 6.07) is 1.73. The van der Waals surface area contributed by atoms with E-state index in [1.165, 1.54) is 31.9 Å². The van der Waals surface area contributed by atoms with Crippen LogP contribution in [0, 0.1) is 11.3 Å². The molecule has 5 nitrogen and oxygen atoms in total. The second kappa shape index (κ2) is 4.72. The largest absolute Gasteiger partial charge is 0.465 e. The Balaban J connectivity index is 2.97. The minimum absolute atomic E-state index is 0.0812. The summed E-state index contributed by atoms with van der Waals surface area (Å²) in [5.41, 5.74) is 0.497. The zero-order valence-corrected chi connectivity index (χ0v) is 7.47. The van der Waals surface area contributed by atoms with Gasteiger partial charge in [0.25, 0.3) is 0 Å². The van der Waals surface area contributed by atoms with Crippen molar-refractivity contribution >= 4 is 12.0 Å². The van der Waals surface area contributed by atoms with Crippen LogP contribution in [0.15, 0.2) is 24.3 Å². The van der Waals surface area contributed by atoms with Gasteiger partial charge in [0.2, 0.25) is 0 Å². The number of aromatic nitrogens is 2. The van der Waals surface area contributed by atoms with Crippen molar-refractivity contribution in [3.05, 3.63) is 29.9 Å². The molecule has 0 saturated carbocycles. The van der Waals surface area contributed by atoms with Crippen molar-refractivity contribution in [2.45, 2.75) is 0 Å². The molecule has 0 amide bonds. The van der Waals surface area contributed by atoms with E-state index in [9.17, 15) is 4.79 Å². The molecule has 0 radical (unpaired) electrons. The Hall–Kier alpha value is -2.22. The van der Waals surface area contributed by atoms with Crippen LogP contribution >= 0.6 is 0 Å². The van der Waals surface area contributed by atoms with Gasteiger partial charge in [0.15, 0.2) is 0 Å². The van der Waals surface area contributed by atoms with Crippen LogP contribution in [-0.4, -0.2) is 23.0 Å². The molecule has 0 unspecified atom stereocenters. The first-order valence-corrected chi connectivity index (χ1v) is 3.73. The molecule has 0 aliphatic carbocycles. The quantitative estimate of drug-likeness (QED) is 0.386. The van der Waals surface area contributed by atoms with Gasteiger partial charge >= 0.3 is 5.97 Å². The summed E-state index contributed by atoms with van der Waals surface area (Å²) in [4.78, 5) is 18.5. The van der Waals surface area contributed by atoms with Gasteiger partial charge in [-0.15, -0.1) is 0 Å². The van der Waals surface area contributed by atoms with Crippen LogP contribution in [0.2, 0.25) is 0 Å². The maximum absolute atomic E-state index is 11.0. The molecule has 1 rings (SSSR count). The van der Waals surface area contributed by atoms with Crippen LogP contribution in [0.25, 0.3) is 6.08 Å². The highest BCUT2D eigenvalue weighted by Crippen LogP contribution is 2.04. The normalized spacial score (nSPS) is 10.4. The maximum Gasteiger partial charge on any atom is 0.348 e. The fourth-order valence-electron chi connectivity index (χ4n) is 0.799. The molecule has 0 aromatic carbocycles. The molecular formula is C9H7N3O2. The SMILES string of the molecule is COC(=O)/C(C#N)=C/c1cncnc1. The number of methoxy groups -OCH3 is 1. The Morgan fingerprint density at radius 3 is 2.71 bits per heavy atom. The van der Waals surface area contributed by atoms with Crippen LogP contribution in [0.5, 0.6) is 0 Å². The second-order valence-corrected chi connectivity index (χ2v) is 2.33. The van der Waals surface area contributed by atoms with E-state index in [0.29, 0.717) is 5.56 Å². The highest BCUT2D eigenvalue weighted by atomic mass is 16.5. The summed E-state index contributed by atoms with van der Waals surface area (Å²) < 4.78 is 4.40. The molecule has 1 aromatic heterocycles. The topological polar surface area (TPSA) is 75.9 Å². The van der Waals surface area contributed by atoms with Crippen molar-refractivity contribution in [1.29, 1.82) is 5.26 Å². The molecule has 0 aliphatic heterocycles. The average molecular weight is 189 g/mol. The fourth-order valence-corrected chi connectivity index (χ4v) is 0.799. The predicted octanol–water partition coefficient (Wildman–Crippen LogP) is 0.557. The predicted molar refractivity (Wildman–Crippen MR) is 47.6 cm³/mol. The lowest BCUT2D eigenvalue weighted by Crippen LogP contribution is -2.02. The third kappa shape index (κ3) is 2.38. The van der Waals surface area contributed by atoms with Gasteiger partial charge in [-0.1, -0.05) is 0 Å². The van der Waals surface area contributed by atoms with E-state index in [0.717, 1.165) is 0 Å². The molecule has 14 heavy (non-hydrogen) atoms. The van der Waals surface area contributed by atoms with Crippen LogP contribution in [-0.2, 0) is 9.53 Å². The lowest BCUT2D eigenvalue weighted by molar-refractivity contribution is -0.135. The summed E-state index contributed by atoms with van der Waals surface area (Å²) in [5, 5.41) is 8.63. The number of esters is 1. The van der Waals surface area contributed by atoms with Crippen molar-refractivity contribution in [3.63, 3.8) is 0 Å². The van der Waals surface area contributed by atoms with Crippen LogP contribution in [0.1, 0.15) is 5.56 Å². The van der Waals surface area contributed by atoms with Crippen LogP contribution in [0.4, 0.5) is 0 Å². The van der Waals surface area contributed by atoms with Gasteiger partial charge in [-0.2, -0.15) is 5.26 Å². The number of ether oxygens (including phenoxy) is 1. The number of hydrogen-bond acceptors (Lipinski definition) is 5. The highest BCUT2D eigenvalue weighted by Gasteiger charge is 2.07. The van der Waals surface area contributed by atoms with E-state index in [1.807, 2.05) is 0 Å². The Labute approximate surface area is 80.7 Å². The Morgan fingerprint density at radius 2 is 2.21 bits per heavy atom. The molecule has 0 saturated heterocycles. The number of nitrogens with zero attached hydrogens (tertiary/aromatic N) is 3. The van der Waals surface area contributed by atoms with Gasteiger partial charge in [-0.3, -0.25) is 0 Å². The van der Waals surface area contributed by atoms with Gasteiger partial charge in [0.1, 0.15) is 18.0 Å². The Kier molecular flexibility index (Phi) is 3.33. The van der Waals surface area contributed by atoms with Crippen molar-refractivity contribution < 1.29 is 9.53 Å². The summed E-state index contributed by atoms with van der Waals surface area (Å²) >= 11 is 0. The molecule has 70 valence electrons. The number of hydrogen-bond donors (Lipinski definition) is 0. The van der Waals surface area contributed by atoms with Gasteiger partial charge in [0.05, 0.1) is 7.11 Å². The van der Waals surface area contributed by atoms with Crippen LogP contribution < -0.4 is 0 Å². The van der Waals surface area contributed by atoms with E-state index in [2.05, 4.69) is 14.7 Å². The van der Waals surface area contributed by atoms with Crippen molar-refractivity contribution in [1.82, 2.24) is 9.97 Å². The average Bonchev–Trinajstić information content (AvgIpc) is 2.26. The lowest BCUT2D eigenvalue weighted by Gasteiger charge is -1.95. The van der Waals surface area contributed by atoms with E-state index >= 15 is 0 Å². The van der Waals surface area contributed by atoms with E-state index in [4.69, 9.17) is 5.26 Å². The van der Waals surface area contributed by atoms with Gasteiger partial charge in [-0.25, -0.2) is 14.8 Å². The van der Waals surface area contributed by atoms with Crippen LogP contribution in [0.3, 0.4) is 0 Å². The summed E-state index contributed by atoms with van der Waals surface area (Å²) in [7, 11) is 1.22. The summed E-state index contributed by atoms with van der Waals surface area (Å²) in [5.74, 6) is -0.670. The first kappa shape index (κ1) is 9.86. The molecule has 0 atom stereocenters.